The second-order valence-electron chi connectivity index (χ2n) is 5.78. The summed E-state index contributed by atoms with van der Waals surface area (Å²) in [5, 5.41) is 3.59. The molecule has 0 radical (unpaired) electrons. The van der Waals surface area contributed by atoms with E-state index in [1.165, 1.54) is 31.6 Å². The van der Waals surface area contributed by atoms with Crippen LogP contribution in [0.2, 0.25) is 0 Å². The van der Waals surface area contributed by atoms with Gasteiger partial charge in [-0.1, -0.05) is 6.07 Å². The van der Waals surface area contributed by atoms with Gasteiger partial charge in [0, 0.05) is 50.5 Å². The Morgan fingerprint density at radius 2 is 2.10 bits per heavy atom. The molecule has 1 aromatic carbocycles. The lowest BCUT2D eigenvalue weighted by Crippen LogP contribution is -2.49. The third-order valence-electron chi connectivity index (χ3n) is 4.43. The number of methoxy groups -OCH3 is 1. The van der Waals surface area contributed by atoms with E-state index in [9.17, 15) is 0 Å². The Labute approximate surface area is 121 Å². The van der Waals surface area contributed by atoms with Crippen molar-refractivity contribution in [1.29, 1.82) is 0 Å². The van der Waals surface area contributed by atoms with Crippen LogP contribution in [-0.4, -0.2) is 57.3 Å². The van der Waals surface area contributed by atoms with Crippen LogP contribution in [0.25, 0.3) is 0 Å². The van der Waals surface area contributed by atoms with Crippen LogP contribution in [0, 0.1) is 0 Å². The summed E-state index contributed by atoms with van der Waals surface area (Å²) in [4.78, 5) is 5.06. The molecule has 2 aliphatic rings. The van der Waals surface area contributed by atoms with Gasteiger partial charge in [-0.2, -0.15) is 0 Å². The highest BCUT2D eigenvalue weighted by atomic mass is 16.5. The molecule has 0 bridgehead atoms. The van der Waals surface area contributed by atoms with E-state index in [0.29, 0.717) is 0 Å². The van der Waals surface area contributed by atoms with E-state index in [2.05, 4.69) is 33.3 Å². The highest BCUT2D eigenvalue weighted by molar-refractivity contribution is 5.51. The Balaban J connectivity index is 1.52. The van der Waals surface area contributed by atoms with Gasteiger partial charge in [-0.15, -0.1) is 0 Å². The smallest absolute Gasteiger partial charge is 0.120 e. The van der Waals surface area contributed by atoms with E-state index < -0.39 is 0 Å². The van der Waals surface area contributed by atoms with Crippen molar-refractivity contribution in [3.63, 3.8) is 0 Å². The average molecular weight is 275 g/mol. The molecule has 4 heteroatoms. The van der Waals surface area contributed by atoms with Crippen LogP contribution in [0.3, 0.4) is 0 Å². The monoisotopic (exact) mass is 275 g/mol. The third kappa shape index (κ3) is 3.25. The Bertz CT molecular complexity index is 423. The number of benzene rings is 1. The maximum Gasteiger partial charge on any atom is 0.120 e. The molecule has 2 fully saturated rings. The van der Waals surface area contributed by atoms with Gasteiger partial charge in [0.2, 0.25) is 0 Å². The number of nitrogens with zero attached hydrogens (tertiary/aromatic N) is 2. The molecule has 2 heterocycles. The molecule has 0 spiro atoms. The summed E-state index contributed by atoms with van der Waals surface area (Å²) < 4.78 is 5.31. The molecule has 0 saturated carbocycles. The first kappa shape index (κ1) is 13.7. The average Bonchev–Trinajstić information content (AvgIpc) is 3.01. The number of rotatable bonds is 4. The fraction of sp³-hybridized carbons (Fsp3) is 0.625. The minimum atomic E-state index is 0.721. The van der Waals surface area contributed by atoms with Crippen molar-refractivity contribution in [3.05, 3.63) is 24.3 Å². The number of nitrogens with one attached hydrogen (secondary N) is 1. The van der Waals surface area contributed by atoms with Crippen LogP contribution >= 0.6 is 0 Å². The third-order valence-corrected chi connectivity index (χ3v) is 4.43. The van der Waals surface area contributed by atoms with Gasteiger partial charge < -0.3 is 15.0 Å². The second kappa shape index (κ2) is 6.46. The maximum absolute atomic E-state index is 5.31. The van der Waals surface area contributed by atoms with Crippen molar-refractivity contribution < 1.29 is 4.74 Å². The zero-order valence-corrected chi connectivity index (χ0v) is 12.3. The van der Waals surface area contributed by atoms with Gasteiger partial charge in [-0.25, -0.2) is 0 Å². The first-order valence-corrected chi connectivity index (χ1v) is 7.70. The molecule has 1 aromatic rings. The number of ether oxygens (including phenoxy) is 1. The zero-order valence-electron chi connectivity index (χ0n) is 12.3. The molecule has 0 aromatic heterocycles. The lowest BCUT2D eigenvalue weighted by molar-refractivity contribution is 0.236. The Hall–Kier alpha value is -1.26. The van der Waals surface area contributed by atoms with Crippen LogP contribution in [0.15, 0.2) is 24.3 Å². The molecule has 3 rings (SSSR count). The molecule has 0 aliphatic carbocycles. The van der Waals surface area contributed by atoms with Gasteiger partial charge in [-0.3, -0.25) is 4.90 Å². The van der Waals surface area contributed by atoms with E-state index >= 15 is 0 Å². The molecule has 0 amide bonds. The first-order chi connectivity index (χ1) is 9.85. The molecule has 2 aliphatic heterocycles. The molecule has 2 saturated heterocycles. The van der Waals surface area contributed by atoms with Crippen molar-refractivity contribution in [2.45, 2.75) is 18.9 Å². The predicted molar refractivity (Wildman–Crippen MR) is 82.7 cm³/mol. The van der Waals surface area contributed by atoms with Crippen LogP contribution in [-0.2, 0) is 0 Å². The second-order valence-corrected chi connectivity index (χ2v) is 5.78. The topological polar surface area (TPSA) is 27.7 Å². The van der Waals surface area contributed by atoms with Gasteiger partial charge in [0.15, 0.2) is 0 Å². The normalized spacial score (nSPS) is 24.1. The number of hydrogen-bond acceptors (Lipinski definition) is 4. The highest BCUT2D eigenvalue weighted by Gasteiger charge is 2.22. The summed E-state index contributed by atoms with van der Waals surface area (Å²) in [6, 6.07) is 9.11. The lowest BCUT2D eigenvalue weighted by atomic mass is 10.2. The molecule has 20 heavy (non-hydrogen) atoms. The molecular formula is C16H25N3O. The van der Waals surface area contributed by atoms with Crippen molar-refractivity contribution >= 4 is 5.69 Å². The fourth-order valence-corrected chi connectivity index (χ4v) is 3.22. The first-order valence-electron chi connectivity index (χ1n) is 7.70. The zero-order chi connectivity index (χ0) is 13.8. The van der Waals surface area contributed by atoms with Crippen molar-refractivity contribution in [1.82, 2.24) is 10.2 Å². The van der Waals surface area contributed by atoms with E-state index in [0.717, 1.165) is 38.0 Å². The van der Waals surface area contributed by atoms with Gasteiger partial charge in [-0.05, 0) is 31.5 Å². The van der Waals surface area contributed by atoms with Crippen molar-refractivity contribution in [3.8, 4) is 5.75 Å². The SMILES string of the molecule is COc1cccc(N2CCN(C[C@@H]3CCCN3)CC2)c1. The minimum Gasteiger partial charge on any atom is -0.497 e. The number of hydrogen-bond donors (Lipinski definition) is 1. The van der Waals surface area contributed by atoms with Crippen LogP contribution in [0.4, 0.5) is 5.69 Å². The quantitative estimate of drug-likeness (QED) is 0.903. The summed E-state index contributed by atoms with van der Waals surface area (Å²) in [5.74, 6) is 0.945. The summed E-state index contributed by atoms with van der Waals surface area (Å²) in [7, 11) is 1.73. The minimum absolute atomic E-state index is 0.721. The van der Waals surface area contributed by atoms with E-state index in [1.807, 2.05) is 6.07 Å². The highest BCUT2D eigenvalue weighted by Crippen LogP contribution is 2.22. The van der Waals surface area contributed by atoms with Gasteiger partial charge in [0.05, 0.1) is 7.11 Å². The Morgan fingerprint density at radius 1 is 1.25 bits per heavy atom. The summed E-state index contributed by atoms with van der Waals surface area (Å²) >= 11 is 0. The standard InChI is InChI=1S/C16H25N3O/c1-20-16-6-2-5-15(12-16)19-10-8-18(9-11-19)13-14-4-3-7-17-14/h2,5-6,12,14,17H,3-4,7-11,13H2,1H3/t14-/m0/s1. The fourth-order valence-electron chi connectivity index (χ4n) is 3.22. The largest absolute Gasteiger partial charge is 0.497 e. The maximum atomic E-state index is 5.31. The summed E-state index contributed by atoms with van der Waals surface area (Å²) in [5.41, 5.74) is 1.28. The van der Waals surface area contributed by atoms with Gasteiger partial charge in [0.25, 0.3) is 0 Å². The Morgan fingerprint density at radius 3 is 2.80 bits per heavy atom. The van der Waals surface area contributed by atoms with Crippen LogP contribution in [0.1, 0.15) is 12.8 Å². The van der Waals surface area contributed by atoms with Gasteiger partial charge in [0.1, 0.15) is 5.75 Å². The van der Waals surface area contributed by atoms with E-state index in [-0.39, 0.29) is 0 Å². The molecule has 1 N–H and O–H groups in total. The molecular weight excluding hydrogens is 250 g/mol. The summed E-state index contributed by atoms with van der Waals surface area (Å²) in [6.45, 7) is 6.96. The molecule has 110 valence electrons. The number of piperazine rings is 1. The molecule has 0 unspecified atom stereocenters. The van der Waals surface area contributed by atoms with Gasteiger partial charge >= 0.3 is 0 Å². The van der Waals surface area contributed by atoms with E-state index in [4.69, 9.17) is 4.74 Å². The number of anilines is 1. The van der Waals surface area contributed by atoms with Crippen molar-refractivity contribution in [2.75, 3.05) is 51.3 Å². The molecule has 4 nitrogen and oxygen atoms in total. The predicted octanol–water partition coefficient (Wildman–Crippen LogP) is 1.57. The summed E-state index contributed by atoms with van der Waals surface area (Å²) in [6.07, 6.45) is 2.69. The Kier molecular flexibility index (Phi) is 4.43. The lowest BCUT2D eigenvalue weighted by Gasteiger charge is -2.37. The molecule has 1 atom stereocenters. The van der Waals surface area contributed by atoms with E-state index in [1.54, 1.807) is 7.11 Å². The van der Waals surface area contributed by atoms with Crippen LogP contribution < -0.4 is 15.0 Å². The van der Waals surface area contributed by atoms with Crippen molar-refractivity contribution in [2.24, 2.45) is 0 Å². The van der Waals surface area contributed by atoms with Crippen LogP contribution in [0.5, 0.6) is 5.75 Å².